The van der Waals surface area contributed by atoms with Gasteiger partial charge >= 0.3 is 6.03 Å². The molecule has 2 rings (SSSR count). The third-order valence-electron chi connectivity index (χ3n) is 4.79. The average Bonchev–Trinajstić information content (AvgIpc) is 2.72. The molecule has 2 aromatic carbocycles. The number of rotatable bonds is 9. The van der Waals surface area contributed by atoms with Gasteiger partial charge in [-0.15, -0.1) is 12.4 Å². The Morgan fingerprint density at radius 3 is 2.17 bits per heavy atom. The average molecular weight is 433 g/mol. The van der Waals surface area contributed by atoms with E-state index in [1.165, 1.54) is 5.56 Å². The zero-order valence-corrected chi connectivity index (χ0v) is 18.7. The maximum absolute atomic E-state index is 12.1. The van der Waals surface area contributed by atoms with Crippen LogP contribution in [0.15, 0.2) is 54.6 Å². The number of urea groups is 1. The fourth-order valence-electron chi connectivity index (χ4n) is 2.91. The van der Waals surface area contributed by atoms with Crippen molar-refractivity contribution in [2.75, 3.05) is 20.1 Å². The first-order valence-electron chi connectivity index (χ1n) is 10.0. The third-order valence-corrected chi connectivity index (χ3v) is 4.79. The molecule has 4 N–H and O–H groups in total. The third kappa shape index (κ3) is 8.43. The number of benzene rings is 2. The van der Waals surface area contributed by atoms with Crippen LogP contribution in [-0.4, -0.2) is 37.0 Å². The minimum Gasteiger partial charge on any atom is -0.354 e. The second kappa shape index (κ2) is 12.9. The number of nitrogens with one attached hydrogen (secondary N) is 2. The molecule has 7 heteroatoms. The molecular weight excluding hydrogens is 400 g/mol. The van der Waals surface area contributed by atoms with Gasteiger partial charge in [-0.05, 0) is 22.6 Å². The van der Waals surface area contributed by atoms with E-state index in [1.54, 1.807) is 11.9 Å². The Morgan fingerprint density at radius 1 is 0.967 bits per heavy atom. The van der Waals surface area contributed by atoms with Crippen LogP contribution in [0.2, 0.25) is 0 Å². The van der Waals surface area contributed by atoms with E-state index in [9.17, 15) is 9.59 Å². The monoisotopic (exact) mass is 432 g/mol. The van der Waals surface area contributed by atoms with Crippen molar-refractivity contribution in [1.29, 1.82) is 0 Å². The molecule has 0 aromatic heterocycles. The first-order chi connectivity index (χ1) is 13.9. The maximum Gasteiger partial charge on any atom is 0.317 e. The molecule has 0 spiro atoms. The topological polar surface area (TPSA) is 87.5 Å². The van der Waals surface area contributed by atoms with Crippen LogP contribution in [0.4, 0.5) is 4.79 Å². The molecule has 0 fully saturated rings. The first-order valence-corrected chi connectivity index (χ1v) is 10.0. The maximum atomic E-state index is 12.1. The number of hydrogen-bond donors (Lipinski definition) is 3. The lowest BCUT2D eigenvalue weighted by molar-refractivity contribution is -0.121. The standard InChI is InChI=1S/C23H32N4O2.ClH/c1-17(2)19-9-11-20(12-10-19)21(24)15-26-22(28)13-14-25-23(29)27(3)16-18-7-5-4-6-8-18;/h4-12,17,21H,13-16,24H2,1-3H3,(H,25,29)(H,26,28);1H. The summed E-state index contributed by atoms with van der Waals surface area (Å²) in [7, 11) is 1.73. The van der Waals surface area contributed by atoms with Gasteiger partial charge in [-0.25, -0.2) is 4.79 Å². The molecule has 0 saturated carbocycles. The number of hydrogen-bond acceptors (Lipinski definition) is 3. The van der Waals surface area contributed by atoms with Crippen LogP contribution in [0, 0.1) is 0 Å². The molecule has 0 aliphatic rings. The number of amides is 3. The highest BCUT2D eigenvalue weighted by molar-refractivity contribution is 5.85. The van der Waals surface area contributed by atoms with Crippen molar-refractivity contribution in [1.82, 2.24) is 15.5 Å². The highest BCUT2D eigenvalue weighted by Crippen LogP contribution is 2.17. The van der Waals surface area contributed by atoms with Gasteiger partial charge < -0.3 is 21.3 Å². The van der Waals surface area contributed by atoms with Crippen molar-refractivity contribution in [2.24, 2.45) is 5.73 Å². The van der Waals surface area contributed by atoms with Crippen molar-refractivity contribution in [3.63, 3.8) is 0 Å². The van der Waals surface area contributed by atoms with Gasteiger partial charge in [0.2, 0.25) is 5.91 Å². The Morgan fingerprint density at radius 2 is 1.57 bits per heavy atom. The molecule has 0 bridgehead atoms. The summed E-state index contributed by atoms with van der Waals surface area (Å²) in [5.41, 5.74) is 9.48. The number of nitrogens with zero attached hydrogens (tertiary/aromatic N) is 1. The van der Waals surface area contributed by atoms with E-state index in [0.29, 0.717) is 19.0 Å². The molecular formula is C23H33ClN4O2. The van der Waals surface area contributed by atoms with E-state index in [2.05, 4.69) is 36.6 Å². The number of carbonyl (C=O) groups excluding carboxylic acids is 2. The SMILES string of the molecule is CC(C)c1ccc(C(N)CNC(=O)CCNC(=O)N(C)Cc2ccccc2)cc1.Cl. The van der Waals surface area contributed by atoms with E-state index in [-0.39, 0.29) is 43.4 Å². The van der Waals surface area contributed by atoms with Crippen molar-refractivity contribution >= 4 is 24.3 Å². The highest BCUT2D eigenvalue weighted by atomic mass is 35.5. The summed E-state index contributed by atoms with van der Waals surface area (Å²) in [4.78, 5) is 25.7. The zero-order chi connectivity index (χ0) is 21.2. The highest BCUT2D eigenvalue weighted by Gasteiger charge is 2.11. The van der Waals surface area contributed by atoms with Gasteiger partial charge in [0.15, 0.2) is 0 Å². The fraction of sp³-hybridized carbons (Fsp3) is 0.391. The molecule has 0 aliphatic carbocycles. The predicted octanol–water partition coefficient (Wildman–Crippen LogP) is 3.58. The molecule has 1 unspecified atom stereocenters. The van der Waals surface area contributed by atoms with Gasteiger partial charge in [-0.2, -0.15) is 0 Å². The van der Waals surface area contributed by atoms with Gasteiger partial charge in [0.25, 0.3) is 0 Å². The van der Waals surface area contributed by atoms with E-state index >= 15 is 0 Å². The van der Waals surface area contributed by atoms with E-state index < -0.39 is 0 Å². The number of nitrogens with two attached hydrogens (primary N) is 1. The number of carbonyl (C=O) groups is 2. The fourth-order valence-corrected chi connectivity index (χ4v) is 2.91. The summed E-state index contributed by atoms with van der Waals surface area (Å²) in [5.74, 6) is 0.340. The molecule has 6 nitrogen and oxygen atoms in total. The van der Waals surface area contributed by atoms with Crippen LogP contribution in [0.1, 0.15) is 48.9 Å². The minimum atomic E-state index is -0.258. The van der Waals surface area contributed by atoms with E-state index in [1.807, 2.05) is 42.5 Å². The van der Waals surface area contributed by atoms with Gasteiger partial charge in [0.1, 0.15) is 0 Å². The van der Waals surface area contributed by atoms with Gasteiger partial charge in [-0.1, -0.05) is 68.4 Å². The van der Waals surface area contributed by atoms with Crippen molar-refractivity contribution in [3.8, 4) is 0 Å². The molecule has 3 amide bonds. The molecule has 30 heavy (non-hydrogen) atoms. The summed E-state index contributed by atoms with van der Waals surface area (Å²) in [5, 5.41) is 5.60. The van der Waals surface area contributed by atoms with Crippen LogP contribution in [0.3, 0.4) is 0 Å². The van der Waals surface area contributed by atoms with Gasteiger partial charge in [-0.3, -0.25) is 4.79 Å². The van der Waals surface area contributed by atoms with Crippen LogP contribution >= 0.6 is 12.4 Å². The van der Waals surface area contributed by atoms with Crippen molar-refractivity contribution in [2.45, 2.75) is 38.8 Å². The Labute approximate surface area is 185 Å². The van der Waals surface area contributed by atoms with Crippen LogP contribution in [0.25, 0.3) is 0 Å². The van der Waals surface area contributed by atoms with E-state index in [0.717, 1.165) is 11.1 Å². The lowest BCUT2D eigenvalue weighted by atomic mass is 9.99. The molecule has 2 aromatic rings. The van der Waals surface area contributed by atoms with Crippen molar-refractivity contribution < 1.29 is 9.59 Å². The van der Waals surface area contributed by atoms with Crippen molar-refractivity contribution in [3.05, 3.63) is 71.3 Å². The Bertz CT molecular complexity index is 782. The Kier molecular flexibility index (Phi) is 10.9. The van der Waals surface area contributed by atoms with Gasteiger partial charge in [0.05, 0.1) is 0 Å². The molecule has 0 aliphatic heterocycles. The quantitative estimate of drug-likeness (QED) is 0.566. The minimum absolute atomic E-state index is 0. The first kappa shape index (κ1) is 25.5. The second-order valence-electron chi connectivity index (χ2n) is 7.56. The number of halogens is 1. The van der Waals surface area contributed by atoms with Crippen LogP contribution in [-0.2, 0) is 11.3 Å². The smallest absolute Gasteiger partial charge is 0.317 e. The second-order valence-corrected chi connectivity index (χ2v) is 7.56. The predicted molar refractivity (Wildman–Crippen MR) is 124 cm³/mol. The summed E-state index contributed by atoms with van der Waals surface area (Å²) in [6.07, 6.45) is 0.212. The molecule has 0 saturated heterocycles. The van der Waals surface area contributed by atoms with Gasteiger partial charge in [0, 0.05) is 39.1 Å². The summed E-state index contributed by atoms with van der Waals surface area (Å²) in [6.45, 7) is 5.45. The summed E-state index contributed by atoms with van der Waals surface area (Å²) < 4.78 is 0. The Hall–Kier alpha value is -2.57. The lowest BCUT2D eigenvalue weighted by Gasteiger charge is -2.18. The molecule has 1 atom stereocenters. The summed E-state index contributed by atoms with van der Waals surface area (Å²) in [6, 6.07) is 17.5. The largest absolute Gasteiger partial charge is 0.354 e. The van der Waals surface area contributed by atoms with E-state index in [4.69, 9.17) is 5.73 Å². The van der Waals surface area contributed by atoms with Crippen LogP contribution < -0.4 is 16.4 Å². The Balaban J connectivity index is 0.00000450. The van der Waals surface area contributed by atoms with Crippen LogP contribution in [0.5, 0.6) is 0 Å². The zero-order valence-electron chi connectivity index (χ0n) is 17.9. The molecule has 0 heterocycles. The lowest BCUT2D eigenvalue weighted by Crippen LogP contribution is -2.39. The normalized spacial score (nSPS) is 11.4. The molecule has 164 valence electrons. The molecule has 0 radical (unpaired) electrons. The summed E-state index contributed by atoms with van der Waals surface area (Å²) >= 11 is 0.